The molecule has 5 rings (SSSR count). The van der Waals surface area contributed by atoms with Gasteiger partial charge in [-0.3, -0.25) is 19.3 Å². The van der Waals surface area contributed by atoms with Crippen molar-refractivity contribution in [3.63, 3.8) is 0 Å². The summed E-state index contributed by atoms with van der Waals surface area (Å²) < 4.78 is 4.71. The molecule has 4 fully saturated rings. The normalized spacial score (nSPS) is 29.9. The number of benzene rings is 1. The molecule has 0 aliphatic carbocycles. The van der Waals surface area contributed by atoms with E-state index in [-0.39, 0.29) is 40.3 Å². The molecule has 3 unspecified atom stereocenters. The van der Waals surface area contributed by atoms with E-state index in [1.165, 1.54) is 0 Å². The molecule has 4 heterocycles. The minimum atomic E-state index is -0.799. The second-order valence-electron chi connectivity index (χ2n) is 13.0. The van der Waals surface area contributed by atoms with Crippen LogP contribution in [0, 0.1) is 17.8 Å². The Morgan fingerprint density at radius 1 is 1.16 bits per heavy atom. The van der Waals surface area contributed by atoms with Crippen molar-refractivity contribution in [1.29, 1.82) is 0 Å². The number of carbonyl (C=O) groups is 3. The van der Waals surface area contributed by atoms with Gasteiger partial charge >= 0.3 is 0 Å². The van der Waals surface area contributed by atoms with Crippen LogP contribution in [0.5, 0.6) is 0 Å². The first-order valence-corrected chi connectivity index (χ1v) is 17.9. The highest BCUT2D eigenvalue weighted by Crippen LogP contribution is 2.68. The number of hydrogen-bond acceptors (Lipinski definition) is 7. The first-order valence-electron chi connectivity index (χ1n) is 16.1. The average molecular weight is 704 g/mol. The predicted octanol–water partition coefficient (Wildman–Crippen LogP) is 3.42. The first kappa shape index (κ1) is 34.2. The summed E-state index contributed by atoms with van der Waals surface area (Å²) in [7, 11) is 0. The summed E-state index contributed by atoms with van der Waals surface area (Å²) >= 11 is 5.52. The number of fused-ring (bicyclic) bond motifs is 1. The third kappa shape index (κ3) is 6.52. The highest BCUT2D eigenvalue weighted by atomic mass is 79.9. The number of amides is 3. The van der Waals surface area contributed by atoms with E-state index >= 15 is 0 Å². The molecule has 1 aromatic carbocycles. The van der Waals surface area contributed by atoms with Gasteiger partial charge in [-0.1, -0.05) is 60.1 Å². The quantitative estimate of drug-likeness (QED) is 0.235. The summed E-state index contributed by atoms with van der Waals surface area (Å²) in [5, 5.41) is 10.5. The SMILES string of the molecule is C=CCN(CCN1CCOCC1)C(=O)C1N([C@@H](CO)CC(C)C)C(=O)[C@@H]2[C@H](C(=O)N(CC=C)c3ccccc3)[C@H]3SC12CC3Br. The number of carbonyl (C=O) groups excluding carboxylic acids is 3. The standard InChI is InChI=1S/C34H47BrN4O5S/c1-5-12-37(15-14-36-16-18-44-19-17-36)33(43)30-34-21-26(35)29(45-34)27(28(34)32(42)39(30)25(22-40)20-23(3)4)31(41)38(13-6-2)24-10-8-7-9-11-24/h5-11,23,25-30,40H,1-2,12-22H2,3-4H3/t25-,26?,27+,28+,29+,30?,34?/m1/s1. The Balaban J connectivity index is 1.54. The maximum Gasteiger partial charge on any atom is 0.247 e. The summed E-state index contributed by atoms with van der Waals surface area (Å²) in [5.41, 5.74) is 0.749. The van der Waals surface area contributed by atoms with Gasteiger partial charge in [0.1, 0.15) is 6.04 Å². The van der Waals surface area contributed by atoms with Crippen molar-refractivity contribution in [1.82, 2.24) is 14.7 Å². The molecule has 4 aliphatic heterocycles. The molecule has 0 saturated carbocycles. The number of rotatable bonds is 14. The van der Waals surface area contributed by atoms with Crippen molar-refractivity contribution in [3.05, 3.63) is 55.6 Å². The van der Waals surface area contributed by atoms with Crippen LogP contribution in [-0.4, -0.2) is 124 Å². The number of halogens is 1. The lowest BCUT2D eigenvalue weighted by Gasteiger charge is -2.40. The number of nitrogens with zero attached hydrogens (tertiary/aromatic N) is 4. The Bertz CT molecular complexity index is 1250. The van der Waals surface area contributed by atoms with E-state index in [2.05, 4.69) is 47.8 Å². The number of ether oxygens (including phenoxy) is 1. The summed E-state index contributed by atoms with van der Waals surface area (Å²) in [6, 6.07) is 8.15. The van der Waals surface area contributed by atoms with Crippen LogP contribution in [0.25, 0.3) is 0 Å². The van der Waals surface area contributed by atoms with Crippen LogP contribution in [0.3, 0.4) is 0 Å². The van der Waals surface area contributed by atoms with Crippen LogP contribution in [0.1, 0.15) is 26.7 Å². The monoisotopic (exact) mass is 702 g/mol. The number of anilines is 1. The molecule has 4 saturated heterocycles. The number of aliphatic hydroxyl groups is 1. The molecule has 1 aromatic rings. The summed E-state index contributed by atoms with van der Waals surface area (Å²) in [4.78, 5) is 51.7. The highest BCUT2D eigenvalue weighted by Gasteiger charge is 2.76. The van der Waals surface area contributed by atoms with E-state index < -0.39 is 28.7 Å². The highest BCUT2D eigenvalue weighted by molar-refractivity contribution is 9.09. The van der Waals surface area contributed by atoms with Gasteiger partial charge in [0.05, 0.1) is 42.4 Å². The molecular formula is C34H47BrN4O5S. The van der Waals surface area contributed by atoms with Crippen molar-refractivity contribution < 1.29 is 24.2 Å². The first-order chi connectivity index (χ1) is 21.7. The molecule has 3 amide bonds. The fourth-order valence-electron chi connectivity index (χ4n) is 7.79. The third-order valence-electron chi connectivity index (χ3n) is 9.69. The zero-order valence-corrected chi connectivity index (χ0v) is 28.8. The zero-order valence-electron chi connectivity index (χ0n) is 26.4. The molecule has 1 spiro atoms. The topological polar surface area (TPSA) is 93.6 Å². The van der Waals surface area contributed by atoms with Crippen molar-refractivity contribution in [3.8, 4) is 0 Å². The van der Waals surface area contributed by atoms with Crippen LogP contribution in [0.4, 0.5) is 5.69 Å². The number of hydrogen-bond donors (Lipinski definition) is 1. The molecule has 45 heavy (non-hydrogen) atoms. The van der Waals surface area contributed by atoms with Gasteiger partial charge in [0, 0.05) is 55.0 Å². The van der Waals surface area contributed by atoms with Gasteiger partial charge in [0.25, 0.3) is 0 Å². The van der Waals surface area contributed by atoms with E-state index in [0.717, 1.165) is 18.8 Å². The Kier molecular flexibility index (Phi) is 11.2. The zero-order chi connectivity index (χ0) is 32.3. The lowest BCUT2D eigenvalue weighted by Crippen LogP contribution is -2.58. The second-order valence-corrected chi connectivity index (χ2v) is 15.7. The fourth-order valence-corrected chi connectivity index (χ4v) is 11.4. The van der Waals surface area contributed by atoms with E-state index in [0.29, 0.717) is 52.2 Å². The Morgan fingerprint density at radius 2 is 1.84 bits per heavy atom. The van der Waals surface area contributed by atoms with Crippen LogP contribution in [0.2, 0.25) is 0 Å². The maximum absolute atomic E-state index is 14.9. The largest absolute Gasteiger partial charge is 0.394 e. The second kappa shape index (κ2) is 14.7. The lowest BCUT2D eigenvalue weighted by atomic mass is 9.70. The summed E-state index contributed by atoms with van der Waals surface area (Å²) in [5.74, 6) is -1.56. The molecule has 2 bridgehead atoms. The van der Waals surface area contributed by atoms with Crippen LogP contribution in [0.15, 0.2) is 55.6 Å². The van der Waals surface area contributed by atoms with Gasteiger partial charge in [0.2, 0.25) is 17.7 Å². The molecular weight excluding hydrogens is 656 g/mol. The molecule has 11 heteroatoms. The van der Waals surface area contributed by atoms with Gasteiger partial charge in [0.15, 0.2) is 0 Å². The van der Waals surface area contributed by atoms with Crippen molar-refractivity contribution in [2.24, 2.45) is 17.8 Å². The molecule has 0 radical (unpaired) electrons. The maximum atomic E-state index is 14.9. The number of likely N-dealkylation sites (tertiary alicyclic amines) is 1. The fraction of sp³-hybridized carbons (Fsp3) is 0.618. The summed E-state index contributed by atoms with van der Waals surface area (Å²) in [6.07, 6.45) is 4.58. The smallest absolute Gasteiger partial charge is 0.247 e. The van der Waals surface area contributed by atoms with Gasteiger partial charge in [-0.15, -0.1) is 24.9 Å². The molecule has 0 aromatic heterocycles. The molecule has 4 aliphatic rings. The Labute approximate surface area is 280 Å². The van der Waals surface area contributed by atoms with Gasteiger partial charge in [-0.05, 0) is 30.9 Å². The number of aliphatic hydroxyl groups excluding tert-OH is 1. The van der Waals surface area contributed by atoms with Gasteiger partial charge in [-0.25, -0.2) is 0 Å². The van der Waals surface area contributed by atoms with E-state index in [9.17, 15) is 19.5 Å². The van der Waals surface area contributed by atoms with Crippen LogP contribution < -0.4 is 4.90 Å². The predicted molar refractivity (Wildman–Crippen MR) is 182 cm³/mol. The van der Waals surface area contributed by atoms with Crippen molar-refractivity contribution in [2.45, 2.75) is 53.6 Å². The van der Waals surface area contributed by atoms with E-state index in [1.807, 2.05) is 35.2 Å². The number of para-hydroxylation sites is 1. The van der Waals surface area contributed by atoms with Crippen LogP contribution >= 0.6 is 27.7 Å². The van der Waals surface area contributed by atoms with Gasteiger partial charge in [-0.2, -0.15) is 0 Å². The van der Waals surface area contributed by atoms with E-state index in [1.54, 1.807) is 33.7 Å². The molecule has 9 nitrogen and oxygen atoms in total. The van der Waals surface area contributed by atoms with Crippen LogP contribution in [-0.2, 0) is 19.1 Å². The van der Waals surface area contributed by atoms with Gasteiger partial charge < -0.3 is 24.5 Å². The van der Waals surface area contributed by atoms with Crippen molar-refractivity contribution >= 4 is 51.1 Å². The minimum absolute atomic E-state index is 0.0454. The Hall–Kier alpha value is -2.18. The number of morpholine rings is 1. The summed E-state index contributed by atoms with van der Waals surface area (Å²) in [6.45, 7) is 16.5. The Morgan fingerprint density at radius 3 is 2.47 bits per heavy atom. The number of alkyl halides is 1. The lowest BCUT2D eigenvalue weighted by molar-refractivity contribution is -0.146. The average Bonchev–Trinajstić information content (AvgIpc) is 3.64. The number of thioether (sulfide) groups is 1. The van der Waals surface area contributed by atoms with Crippen molar-refractivity contribution in [2.75, 3.05) is 64.0 Å². The molecule has 7 atom stereocenters. The minimum Gasteiger partial charge on any atom is -0.394 e. The van der Waals surface area contributed by atoms with E-state index in [4.69, 9.17) is 4.74 Å². The molecule has 246 valence electrons. The molecule has 1 N–H and O–H groups in total. The third-order valence-corrected chi connectivity index (χ3v) is 12.9.